The van der Waals surface area contributed by atoms with E-state index in [2.05, 4.69) is 11.2 Å². The maximum absolute atomic E-state index is 5.56. The summed E-state index contributed by atoms with van der Waals surface area (Å²) in [6.07, 6.45) is 2.21. The van der Waals surface area contributed by atoms with Crippen LogP contribution in [0.25, 0.3) is 0 Å². The monoisotopic (exact) mass is 134 g/mol. The molecule has 0 aromatic carbocycles. The summed E-state index contributed by atoms with van der Waals surface area (Å²) in [6, 6.07) is 0. The molecule has 2 nitrogen and oxygen atoms in total. The Bertz CT molecular complexity index is 52.4. The summed E-state index contributed by atoms with van der Waals surface area (Å²) < 4.78 is 2.11. The lowest BCUT2D eigenvalue weighted by Crippen LogP contribution is -2.33. The van der Waals surface area contributed by atoms with E-state index >= 15 is 0 Å². The quantitative estimate of drug-likeness (QED) is 0.459. The molecule has 0 fully saturated rings. The van der Waals surface area contributed by atoms with Crippen molar-refractivity contribution in [2.75, 3.05) is 12.8 Å². The van der Waals surface area contributed by atoms with Crippen molar-refractivity contribution < 1.29 is 0 Å². The molecule has 0 aliphatic rings. The highest BCUT2D eigenvalue weighted by atomic mass is 32.2. The maximum atomic E-state index is 5.56. The van der Waals surface area contributed by atoms with E-state index < -0.39 is 0 Å². The molecule has 0 aliphatic carbocycles. The topological polar surface area (TPSA) is 29.3 Å². The van der Waals surface area contributed by atoms with Crippen molar-refractivity contribution in [2.45, 2.75) is 20.0 Å². The van der Waals surface area contributed by atoms with Crippen LogP contribution in [-0.2, 0) is 0 Å². The Balaban J connectivity index is 3.35. The first-order valence-corrected chi connectivity index (χ1v) is 3.96. The number of hydrogen-bond donors (Lipinski definition) is 1. The van der Waals surface area contributed by atoms with Gasteiger partial charge in [-0.3, -0.25) is 0 Å². The highest BCUT2D eigenvalue weighted by Crippen LogP contribution is 2.04. The molecule has 50 valence electrons. The Morgan fingerprint density at radius 1 is 1.75 bits per heavy atom. The minimum Gasteiger partial charge on any atom is -0.315 e. The third-order valence-electron chi connectivity index (χ3n) is 1.00. The fourth-order valence-corrected chi connectivity index (χ4v) is 1.17. The third kappa shape index (κ3) is 2.55. The predicted octanol–water partition coefficient (Wildman–Crippen LogP) is 0.891. The Kier molecular flexibility index (Phi) is 4.32. The maximum Gasteiger partial charge on any atom is 0.0642 e. The molecule has 1 unspecified atom stereocenters. The number of rotatable bonds is 3. The SMILES string of the molecule is CCN(SC)C(C)N. The molecule has 0 aromatic rings. The van der Waals surface area contributed by atoms with Crippen molar-refractivity contribution in [1.82, 2.24) is 4.31 Å². The minimum absolute atomic E-state index is 0.176. The molecular weight excluding hydrogens is 120 g/mol. The molecule has 0 bridgehead atoms. The Labute approximate surface area is 55.6 Å². The second-order valence-corrected chi connectivity index (χ2v) is 2.49. The zero-order valence-electron chi connectivity index (χ0n) is 5.72. The summed E-state index contributed by atoms with van der Waals surface area (Å²) in [5.74, 6) is 0. The van der Waals surface area contributed by atoms with Gasteiger partial charge in [0.1, 0.15) is 0 Å². The smallest absolute Gasteiger partial charge is 0.0642 e. The summed E-state index contributed by atoms with van der Waals surface area (Å²) in [5.41, 5.74) is 5.56. The number of nitrogens with two attached hydrogens (primary N) is 1. The molecule has 0 amide bonds. The molecule has 0 heterocycles. The third-order valence-corrected chi connectivity index (χ3v) is 2.06. The molecule has 2 N–H and O–H groups in total. The van der Waals surface area contributed by atoms with Crippen LogP contribution in [0.2, 0.25) is 0 Å². The van der Waals surface area contributed by atoms with Gasteiger partial charge in [0, 0.05) is 6.54 Å². The Morgan fingerprint density at radius 3 is 2.25 bits per heavy atom. The van der Waals surface area contributed by atoms with Crippen molar-refractivity contribution >= 4 is 11.9 Å². The van der Waals surface area contributed by atoms with E-state index in [1.54, 1.807) is 11.9 Å². The van der Waals surface area contributed by atoms with Crippen LogP contribution in [0.3, 0.4) is 0 Å². The second-order valence-electron chi connectivity index (χ2n) is 1.66. The molecule has 0 aromatic heterocycles. The average molecular weight is 134 g/mol. The molecule has 0 saturated carbocycles. The number of nitrogens with zero attached hydrogens (tertiary/aromatic N) is 1. The van der Waals surface area contributed by atoms with Gasteiger partial charge in [-0.05, 0) is 13.2 Å². The first kappa shape index (κ1) is 8.27. The molecule has 8 heavy (non-hydrogen) atoms. The van der Waals surface area contributed by atoms with Crippen molar-refractivity contribution in [1.29, 1.82) is 0 Å². The van der Waals surface area contributed by atoms with Gasteiger partial charge in [-0.1, -0.05) is 18.9 Å². The largest absolute Gasteiger partial charge is 0.315 e. The average Bonchev–Trinajstić information content (AvgIpc) is 1.69. The molecule has 0 radical (unpaired) electrons. The fourth-order valence-electron chi connectivity index (χ4n) is 0.583. The zero-order chi connectivity index (χ0) is 6.57. The van der Waals surface area contributed by atoms with Gasteiger partial charge in [-0.15, -0.1) is 0 Å². The van der Waals surface area contributed by atoms with Crippen LogP contribution in [0.1, 0.15) is 13.8 Å². The first-order chi connectivity index (χ1) is 3.72. The van der Waals surface area contributed by atoms with Crippen molar-refractivity contribution in [3.05, 3.63) is 0 Å². The van der Waals surface area contributed by atoms with E-state index in [9.17, 15) is 0 Å². The van der Waals surface area contributed by atoms with Crippen LogP contribution >= 0.6 is 11.9 Å². The van der Waals surface area contributed by atoms with Gasteiger partial charge in [0.05, 0.1) is 6.17 Å². The normalized spacial score (nSPS) is 14.6. The number of hydrogen-bond acceptors (Lipinski definition) is 3. The summed E-state index contributed by atoms with van der Waals surface area (Å²) >= 11 is 1.69. The highest BCUT2D eigenvalue weighted by molar-refractivity contribution is 7.96. The predicted molar refractivity (Wildman–Crippen MR) is 39.5 cm³/mol. The molecule has 3 heteroatoms. The van der Waals surface area contributed by atoms with E-state index in [1.807, 2.05) is 13.2 Å². The molecule has 0 aliphatic heterocycles. The minimum atomic E-state index is 0.176. The van der Waals surface area contributed by atoms with Crippen LogP contribution in [-0.4, -0.2) is 23.3 Å². The van der Waals surface area contributed by atoms with E-state index in [4.69, 9.17) is 5.73 Å². The lowest BCUT2D eigenvalue weighted by Gasteiger charge is -2.20. The van der Waals surface area contributed by atoms with Gasteiger partial charge < -0.3 is 5.73 Å². The van der Waals surface area contributed by atoms with Gasteiger partial charge in [0.2, 0.25) is 0 Å². The first-order valence-electron chi connectivity index (χ1n) is 2.78. The van der Waals surface area contributed by atoms with E-state index in [1.165, 1.54) is 0 Å². The Hall–Kier alpha value is 0.270. The van der Waals surface area contributed by atoms with E-state index in [0.717, 1.165) is 6.54 Å². The van der Waals surface area contributed by atoms with Crippen LogP contribution < -0.4 is 5.73 Å². The summed E-state index contributed by atoms with van der Waals surface area (Å²) in [6.45, 7) is 5.10. The van der Waals surface area contributed by atoms with Crippen molar-refractivity contribution in [3.8, 4) is 0 Å². The summed E-state index contributed by atoms with van der Waals surface area (Å²) in [4.78, 5) is 0. The standard InChI is InChI=1S/C5H14N2S/c1-4-7(8-3)5(2)6/h5H,4,6H2,1-3H3. The zero-order valence-corrected chi connectivity index (χ0v) is 6.53. The van der Waals surface area contributed by atoms with Gasteiger partial charge in [-0.25, -0.2) is 4.31 Å². The van der Waals surface area contributed by atoms with Crippen molar-refractivity contribution in [2.24, 2.45) is 5.73 Å². The van der Waals surface area contributed by atoms with Crippen LogP contribution in [0.15, 0.2) is 0 Å². The van der Waals surface area contributed by atoms with Gasteiger partial charge in [0.15, 0.2) is 0 Å². The summed E-state index contributed by atoms with van der Waals surface area (Å²) in [5, 5.41) is 0. The van der Waals surface area contributed by atoms with Crippen LogP contribution in [0, 0.1) is 0 Å². The molecule has 0 rings (SSSR count). The fraction of sp³-hybridized carbons (Fsp3) is 1.00. The van der Waals surface area contributed by atoms with E-state index in [0.29, 0.717) is 0 Å². The molecule has 0 saturated heterocycles. The van der Waals surface area contributed by atoms with Crippen LogP contribution in [0.5, 0.6) is 0 Å². The van der Waals surface area contributed by atoms with Gasteiger partial charge >= 0.3 is 0 Å². The second kappa shape index (κ2) is 4.18. The molecule has 1 atom stereocenters. The lowest BCUT2D eigenvalue weighted by molar-refractivity contribution is 0.401. The van der Waals surface area contributed by atoms with Gasteiger partial charge in [-0.2, -0.15) is 0 Å². The van der Waals surface area contributed by atoms with Crippen molar-refractivity contribution in [3.63, 3.8) is 0 Å². The highest BCUT2D eigenvalue weighted by Gasteiger charge is 2.02. The Morgan fingerprint density at radius 2 is 2.25 bits per heavy atom. The molecular formula is C5H14N2S. The summed E-state index contributed by atoms with van der Waals surface area (Å²) in [7, 11) is 0. The van der Waals surface area contributed by atoms with E-state index in [-0.39, 0.29) is 6.17 Å². The molecule has 0 spiro atoms. The van der Waals surface area contributed by atoms with Gasteiger partial charge in [0.25, 0.3) is 0 Å². The van der Waals surface area contributed by atoms with Crippen LogP contribution in [0.4, 0.5) is 0 Å². The lowest BCUT2D eigenvalue weighted by atomic mass is 10.6.